The molecule has 5 aliphatic carbocycles. The predicted molar refractivity (Wildman–Crippen MR) is 155 cm³/mol. The van der Waals surface area contributed by atoms with E-state index in [1.54, 1.807) is 0 Å². The normalized spacial score (nSPS) is 45.1. The van der Waals surface area contributed by atoms with Crippen LogP contribution in [-0.4, -0.2) is 34.8 Å². The van der Waals surface area contributed by atoms with E-state index in [1.807, 2.05) is 6.20 Å². The van der Waals surface area contributed by atoms with Crippen LogP contribution in [0.15, 0.2) is 22.4 Å². The number of allylic oxidation sites excluding steroid dienone is 2. The Morgan fingerprint density at radius 2 is 1.75 bits per heavy atom. The first-order chi connectivity index (χ1) is 18.7. The van der Waals surface area contributed by atoms with Gasteiger partial charge in [-0.2, -0.15) is 0 Å². The largest absolute Gasteiger partial charge is 0.361 e. The first-order valence-electron chi connectivity index (χ1n) is 16.2. The highest BCUT2D eigenvalue weighted by molar-refractivity contribution is 5.95. The molecule has 218 valence electrons. The predicted octanol–water partition coefficient (Wildman–Crippen LogP) is 7.29. The van der Waals surface area contributed by atoms with E-state index >= 15 is 0 Å². The maximum absolute atomic E-state index is 14.7. The van der Waals surface area contributed by atoms with Crippen molar-refractivity contribution in [2.45, 2.75) is 118 Å². The van der Waals surface area contributed by atoms with Gasteiger partial charge in [-0.1, -0.05) is 59.2 Å². The Bertz CT molecular complexity index is 1310. The van der Waals surface area contributed by atoms with Crippen LogP contribution in [-0.2, 0) is 21.4 Å². The Hall–Kier alpha value is -1.91. The molecule has 0 N–H and O–H groups in total. The second-order valence-corrected chi connectivity index (χ2v) is 17.0. The number of nitrogens with zero attached hydrogens (tertiary/aromatic N) is 2. The summed E-state index contributed by atoms with van der Waals surface area (Å²) in [5.74, 6) is 2.55. The summed E-state index contributed by atoms with van der Waals surface area (Å²) in [4.78, 5) is 29.7. The fraction of sp³-hybridized carbons (Fsp3) is 0.800. The molecule has 0 radical (unpaired) electrons. The Morgan fingerprint density at radius 3 is 2.48 bits per heavy atom. The highest BCUT2D eigenvalue weighted by Gasteiger charge is 2.70. The van der Waals surface area contributed by atoms with Gasteiger partial charge in [-0.25, -0.2) is 0 Å². The number of carbonyl (C=O) groups is 2. The fourth-order valence-electron chi connectivity index (χ4n) is 11.9. The summed E-state index contributed by atoms with van der Waals surface area (Å²) in [6, 6.07) is 0. The van der Waals surface area contributed by atoms with Crippen molar-refractivity contribution in [2.75, 3.05) is 13.1 Å². The molecule has 5 heteroatoms. The summed E-state index contributed by atoms with van der Waals surface area (Å²) >= 11 is 0. The van der Waals surface area contributed by atoms with Gasteiger partial charge in [-0.05, 0) is 103 Å². The maximum atomic E-state index is 14.7. The highest BCUT2D eigenvalue weighted by atomic mass is 16.5. The highest BCUT2D eigenvalue weighted by Crippen LogP contribution is 2.74. The molecule has 2 heterocycles. The molecule has 2 unspecified atom stereocenters. The van der Waals surface area contributed by atoms with Gasteiger partial charge in [0.15, 0.2) is 5.78 Å². The molecule has 7 atom stereocenters. The standard InChI is InChI=1S/C35H50N2O3/c1-30(2)12-14-35(21-37-16-8-9-27(37)39)15-13-34(7)28(23(35)19-30)24(38)17-26-32(5)18-22-20-36-40-29(22)31(3,4)25(32)10-11-33(26,34)6/h17,20,23,25,28H,8-16,18-19,21H2,1-7H3/t23?,25?,28-,32-,33+,34+,35+/m0/s1. The lowest BCUT2D eigenvalue weighted by molar-refractivity contribution is -0.175. The zero-order valence-corrected chi connectivity index (χ0v) is 26.0. The van der Waals surface area contributed by atoms with Crippen molar-refractivity contribution in [1.29, 1.82) is 0 Å². The Morgan fingerprint density at radius 1 is 1.00 bits per heavy atom. The minimum absolute atomic E-state index is 0.0151. The van der Waals surface area contributed by atoms with Gasteiger partial charge in [0.25, 0.3) is 0 Å². The molecule has 1 amide bonds. The molecule has 6 aliphatic rings. The van der Waals surface area contributed by atoms with Crippen LogP contribution in [0.1, 0.15) is 118 Å². The van der Waals surface area contributed by atoms with Crippen molar-refractivity contribution in [3.05, 3.63) is 29.2 Å². The maximum Gasteiger partial charge on any atom is 0.222 e. The first kappa shape index (κ1) is 27.0. The van der Waals surface area contributed by atoms with Crippen LogP contribution in [0.3, 0.4) is 0 Å². The van der Waals surface area contributed by atoms with E-state index < -0.39 is 0 Å². The van der Waals surface area contributed by atoms with Crippen LogP contribution in [0.25, 0.3) is 0 Å². The van der Waals surface area contributed by atoms with E-state index in [9.17, 15) is 9.59 Å². The quantitative estimate of drug-likeness (QED) is 0.391. The van der Waals surface area contributed by atoms with Gasteiger partial charge in [0, 0.05) is 36.4 Å². The molecule has 7 rings (SSSR count). The third-order valence-corrected chi connectivity index (χ3v) is 14.2. The number of carbonyl (C=O) groups excluding carboxylic acids is 2. The summed E-state index contributed by atoms with van der Waals surface area (Å²) < 4.78 is 5.84. The van der Waals surface area contributed by atoms with E-state index in [2.05, 4.69) is 64.6 Å². The number of likely N-dealkylation sites (tertiary alicyclic amines) is 1. The van der Waals surface area contributed by atoms with Gasteiger partial charge >= 0.3 is 0 Å². The van der Waals surface area contributed by atoms with E-state index in [1.165, 1.54) is 17.6 Å². The van der Waals surface area contributed by atoms with Gasteiger partial charge in [0.1, 0.15) is 5.76 Å². The number of ketones is 1. The zero-order valence-electron chi connectivity index (χ0n) is 26.0. The van der Waals surface area contributed by atoms with E-state index in [4.69, 9.17) is 4.52 Å². The van der Waals surface area contributed by atoms with Gasteiger partial charge in [-0.3, -0.25) is 9.59 Å². The molecule has 1 aromatic heterocycles. The first-order valence-corrected chi connectivity index (χ1v) is 16.2. The molecule has 0 aromatic carbocycles. The topological polar surface area (TPSA) is 63.4 Å². The van der Waals surface area contributed by atoms with Crippen molar-refractivity contribution in [1.82, 2.24) is 10.1 Å². The van der Waals surface area contributed by atoms with Crippen molar-refractivity contribution < 1.29 is 14.1 Å². The summed E-state index contributed by atoms with van der Waals surface area (Å²) in [6.45, 7) is 18.7. The van der Waals surface area contributed by atoms with Crippen molar-refractivity contribution in [2.24, 2.45) is 44.8 Å². The minimum Gasteiger partial charge on any atom is -0.361 e. The number of hydrogen-bond donors (Lipinski definition) is 0. The molecule has 40 heavy (non-hydrogen) atoms. The molecule has 3 saturated carbocycles. The van der Waals surface area contributed by atoms with E-state index in [0.717, 1.165) is 70.2 Å². The lowest BCUT2D eigenvalue weighted by Gasteiger charge is -2.70. The van der Waals surface area contributed by atoms with Crippen molar-refractivity contribution in [3.63, 3.8) is 0 Å². The summed E-state index contributed by atoms with van der Waals surface area (Å²) in [7, 11) is 0. The summed E-state index contributed by atoms with van der Waals surface area (Å²) in [5, 5.41) is 4.23. The average molecular weight is 547 g/mol. The Balaban J connectivity index is 1.34. The van der Waals surface area contributed by atoms with Gasteiger partial charge in [0.05, 0.1) is 6.20 Å². The van der Waals surface area contributed by atoms with Crippen LogP contribution in [0.2, 0.25) is 0 Å². The number of amides is 1. The molecule has 1 saturated heterocycles. The lowest BCUT2D eigenvalue weighted by Crippen LogP contribution is -2.66. The Labute approximate surface area is 240 Å². The van der Waals surface area contributed by atoms with Gasteiger partial charge < -0.3 is 9.42 Å². The number of fused-ring (bicyclic) bond motifs is 8. The van der Waals surface area contributed by atoms with Crippen LogP contribution in [0, 0.1) is 44.8 Å². The number of aromatic nitrogens is 1. The number of hydrogen-bond acceptors (Lipinski definition) is 4. The van der Waals surface area contributed by atoms with Crippen LogP contribution in [0.4, 0.5) is 0 Å². The van der Waals surface area contributed by atoms with Crippen LogP contribution >= 0.6 is 0 Å². The molecule has 1 aromatic rings. The molecular weight excluding hydrogens is 496 g/mol. The summed E-state index contributed by atoms with van der Waals surface area (Å²) in [5.41, 5.74) is 2.66. The minimum atomic E-state index is -0.112. The van der Waals surface area contributed by atoms with E-state index in [0.29, 0.717) is 29.9 Å². The van der Waals surface area contributed by atoms with Crippen molar-refractivity contribution >= 4 is 11.7 Å². The van der Waals surface area contributed by atoms with E-state index in [-0.39, 0.29) is 38.4 Å². The van der Waals surface area contributed by atoms with Gasteiger partial charge in [0.2, 0.25) is 5.91 Å². The second kappa shape index (κ2) is 8.13. The fourth-order valence-corrected chi connectivity index (χ4v) is 11.9. The monoisotopic (exact) mass is 546 g/mol. The molecular formula is C35H50N2O3. The molecule has 4 fully saturated rings. The van der Waals surface area contributed by atoms with Crippen molar-refractivity contribution in [3.8, 4) is 0 Å². The molecule has 0 bridgehead atoms. The molecule has 5 nitrogen and oxygen atoms in total. The Kier molecular flexibility index (Phi) is 5.48. The zero-order chi connectivity index (χ0) is 28.5. The van der Waals surface area contributed by atoms with Crippen LogP contribution < -0.4 is 0 Å². The number of rotatable bonds is 2. The smallest absolute Gasteiger partial charge is 0.222 e. The molecule has 0 spiro atoms. The van der Waals surface area contributed by atoms with Gasteiger partial charge in [-0.15, -0.1) is 0 Å². The summed E-state index contributed by atoms with van der Waals surface area (Å²) in [6.07, 6.45) is 14.6. The van der Waals surface area contributed by atoms with Crippen LogP contribution in [0.5, 0.6) is 0 Å². The SMILES string of the molecule is CC1(C)CC[C@]2(CN3CCCC3=O)CC[C@]3(C)[C@H](C(=O)C=C4[C@@]5(C)Cc6cnoc6C(C)(C)C5CC[C@]43C)C2C1. The average Bonchev–Trinajstić information content (AvgIpc) is 3.50. The lowest BCUT2D eigenvalue weighted by atomic mass is 9.34. The third kappa shape index (κ3) is 3.30. The second-order valence-electron chi connectivity index (χ2n) is 17.0. The third-order valence-electron chi connectivity index (χ3n) is 14.2. The molecule has 1 aliphatic heterocycles.